The minimum absolute atomic E-state index is 0.1000. The van der Waals surface area contributed by atoms with Crippen LogP contribution in [0.3, 0.4) is 0 Å². The van der Waals surface area contributed by atoms with E-state index in [-0.39, 0.29) is 11.6 Å². The van der Waals surface area contributed by atoms with Crippen molar-refractivity contribution in [2.75, 3.05) is 19.6 Å². The number of ether oxygens (including phenoxy) is 1. The fourth-order valence-corrected chi connectivity index (χ4v) is 1.39. The molecule has 3 nitrogen and oxygen atoms in total. The van der Waals surface area contributed by atoms with Crippen molar-refractivity contribution in [3.8, 4) is 0 Å². The van der Waals surface area contributed by atoms with Crippen LogP contribution in [0.4, 0.5) is 0 Å². The minimum Gasteiger partial charge on any atom is -0.460 e. The Kier molecular flexibility index (Phi) is 6.57. The van der Waals surface area contributed by atoms with Crippen LogP contribution < -0.4 is 0 Å². The quantitative estimate of drug-likeness (QED) is 0.637. The largest absolute Gasteiger partial charge is 0.460 e. The molecule has 0 bridgehead atoms. The number of rotatable bonds is 6. The average molecular weight is 215 g/mol. The van der Waals surface area contributed by atoms with Gasteiger partial charge < -0.3 is 9.64 Å². The third-order valence-electron chi connectivity index (χ3n) is 2.04. The molecule has 0 atom stereocenters. The fourth-order valence-electron chi connectivity index (χ4n) is 1.39. The number of carbonyl (C=O) groups excluding carboxylic acids is 1. The Bertz CT molecular complexity index is 185. The molecule has 0 saturated heterocycles. The molecule has 0 aliphatic heterocycles. The van der Waals surface area contributed by atoms with E-state index in [4.69, 9.17) is 4.74 Å². The van der Waals surface area contributed by atoms with Crippen molar-refractivity contribution in [1.82, 2.24) is 4.90 Å². The van der Waals surface area contributed by atoms with Crippen molar-refractivity contribution >= 4 is 5.97 Å². The van der Waals surface area contributed by atoms with Crippen LogP contribution >= 0.6 is 0 Å². The first-order chi connectivity index (χ1) is 6.89. The van der Waals surface area contributed by atoms with E-state index in [1.165, 1.54) is 0 Å². The van der Waals surface area contributed by atoms with E-state index in [2.05, 4.69) is 18.7 Å². The van der Waals surface area contributed by atoms with Crippen molar-refractivity contribution < 1.29 is 9.53 Å². The summed E-state index contributed by atoms with van der Waals surface area (Å²) in [6.45, 7) is 12.8. The second kappa shape index (κ2) is 6.83. The molecule has 0 aromatic rings. The van der Waals surface area contributed by atoms with Gasteiger partial charge in [-0.1, -0.05) is 13.8 Å². The molecule has 0 aliphatic carbocycles. The van der Waals surface area contributed by atoms with E-state index < -0.39 is 0 Å². The summed E-state index contributed by atoms with van der Waals surface area (Å²) in [4.78, 5) is 13.7. The van der Waals surface area contributed by atoms with E-state index in [0.29, 0.717) is 6.42 Å². The maximum atomic E-state index is 11.4. The van der Waals surface area contributed by atoms with E-state index >= 15 is 0 Å². The standard InChI is InChI=1S/C12H25NO2/c1-6-9-13(7-2)10-8-11(14)15-12(3,4)5/h6-10H2,1-5H3. The molecule has 0 unspecified atom stereocenters. The van der Waals surface area contributed by atoms with Crippen molar-refractivity contribution in [2.24, 2.45) is 0 Å². The van der Waals surface area contributed by atoms with Gasteiger partial charge >= 0.3 is 5.97 Å². The van der Waals surface area contributed by atoms with Gasteiger partial charge in [0.1, 0.15) is 5.60 Å². The molecule has 0 amide bonds. The van der Waals surface area contributed by atoms with Crippen LogP contribution in [0.1, 0.15) is 47.5 Å². The Labute approximate surface area is 93.8 Å². The van der Waals surface area contributed by atoms with Crippen LogP contribution in [0.25, 0.3) is 0 Å². The molecule has 0 N–H and O–H groups in total. The van der Waals surface area contributed by atoms with Gasteiger partial charge in [-0.15, -0.1) is 0 Å². The Morgan fingerprint density at radius 3 is 2.20 bits per heavy atom. The van der Waals surface area contributed by atoms with Crippen LogP contribution in [0, 0.1) is 0 Å². The summed E-state index contributed by atoms with van der Waals surface area (Å²) >= 11 is 0. The summed E-state index contributed by atoms with van der Waals surface area (Å²) in [7, 11) is 0. The molecule has 3 heteroatoms. The topological polar surface area (TPSA) is 29.5 Å². The maximum Gasteiger partial charge on any atom is 0.307 e. The zero-order valence-electron chi connectivity index (χ0n) is 10.8. The first-order valence-corrected chi connectivity index (χ1v) is 5.83. The van der Waals surface area contributed by atoms with Gasteiger partial charge in [0.15, 0.2) is 0 Å². The predicted octanol–water partition coefficient (Wildman–Crippen LogP) is 2.45. The van der Waals surface area contributed by atoms with Crippen molar-refractivity contribution in [3.63, 3.8) is 0 Å². The van der Waals surface area contributed by atoms with Gasteiger partial charge in [-0.3, -0.25) is 4.79 Å². The first-order valence-electron chi connectivity index (χ1n) is 5.83. The monoisotopic (exact) mass is 215 g/mol. The Hall–Kier alpha value is -0.570. The highest BCUT2D eigenvalue weighted by Gasteiger charge is 2.16. The summed E-state index contributed by atoms with van der Waals surface area (Å²) in [6.07, 6.45) is 1.62. The molecular formula is C12H25NO2. The zero-order chi connectivity index (χ0) is 11.9. The van der Waals surface area contributed by atoms with Gasteiger partial charge in [-0.2, -0.15) is 0 Å². The van der Waals surface area contributed by atoms with E-state index in [1.54, 1.807) is 0 Å². The summed E-state index contributed by atoms with van der Waals surface area (Å²) < 4.78 is 5.25. The highest BCUT2D eigenvalue weighted by Crippen LogP contribution is 2.08. The summed E-state index contributed by atoms with van der Waals surface area (Å²) in [5.41, 5.74) is -0.362. The third-order valence-corrected chi connectivity index (χ3v) is 2.04. The lowest BCUT2D eigenvalue weighted by molar-refractivity contribution is -0.155. The predicted molar refractivity (Wildman–Crippen MR) is 62.9 cm³/mol. The third kappa shape index (κ3) is 8.43. The first kappa shape index (κ1) is 14.4. The van der Waals surface area contributed by atoms with Crippen LogP contribution in [-0.2, 0) is 9.53 Å². The van der Waals surface area contributed by atoms with Crippen molar-refractivity contribution in [3.05, 3.63) is 0 Å². The summed E-state index contributed by atoms with van der Waals surface area (Å²) in [6, 6.07) is 0. The van der Waals surface area contributed by atoms with Crippen molar-refractivity contribution in [2.45, 2.75) is 53.1 Å². The Morgan fingerprint density at radius 1 is 1.20 bits per heavy atom. The second-order valence-corrected chi connectivity index (χ2v) is 4.77. The second-order valence-electron chi connectivity index (χ2n) is 4.77. The average Bonchev–Trinajstić information content (AvgIpc) is 2.09. The van der Waals surface area contributed by atoms with E-state index in [1.807, 2.05) is 20.8 Å². The van der Waals surface area contributed by atoms with Crippen molar-refractivity contribution in [1.29, 1.82) is 0 Å². The molecule has 0 heterocycles. The highest BCUT2D eigenvalue weighted by molar-refractivity contribution is 5.70. The van der Waals surface area contributed by atoms with E-state index in [0.717, 1.165) is 26.1 Å². The van der Waals surface area contributed by atoms with Gasteiger partial charge in [-0.05, 0) is 40.3 Å². The smallest absolute Gasteiger partial charge is 0.307 e. The lowest BCUT2D eigenvalue weighted by atomic mass is 10.2. The normalized spacial score (nSPS) is 11.9. The number of carbonyl (C=O) groups is 1. The van der Waals surface area contributed by atoms with Crippen LogP contribution in [0.15, 0.2) is 0 Å². The van der Waals surface area contributed by atoms with Crippen LogP contribution in [0.5, 0.6) is 0 Å². The molecule has 0 rings (SSSR count). The van der Waals surface area contributed by atoms with Gasteiger partial charge in [0.2, 0.25) is 0 Å². The maximum absolute atomic E-state index is 11.4. The molecular weight excluding hydrogens is 190 g/mol. The molecule has 0 radical (unpaired) electrons. The molecule has 15 heavy (non-hydrogen) atoms. The fraction of sp³-hybridized carbons (Fsp3) is 0.917. The number of hydrogen-bond acceptors (Lipinski definition) is 3. The summed E-state index contributed by atoms with van der Waals surface area (Å²) in [5.74, 6) is -0.1000. The SMILES string of the molecule is CCCN(CC)CCC(=O)OC(C)(C)C. The molecule has 0 spiro atoms. The van der Waals surface area contributed by atoms with E-state index in [9.17, 15) is 4.79 Å². The molecule has 0 saturated carbocycles. The molecule has 0 aromatic heterocycles. The zero-order valence-corrected chi connectivity index (χ0v) is 10.8. The number of hydrogen-bond donors (Lipinski definition) is 0. The molecule has 0 fully saturated rings. The lowest BCUT2D eigenvalue weighted by Crippen LogP contribution is -2.30. The van der Waals surface area contributed by atoms with Gasteiger partial charge in [0, 0.05) is 6.54 Å². The molecule has 90 valence electrons. The number of esters is 1. The van der Waals surface area contributed by atoms with Crippen LogP contribution in [-0.4, -0.2) is 36.1 Å². The number of nitrogens with zero attached hydrogens (tertiary/aromatic N) is 1. The van der Waals surface area contributed by atoms with Crippen LogP contribution in [0.2, 0.25) is 0 Å². The Morgan fingerprint density at radius 2 is 1.80 bits per heavy atom. The molecule has 0 aromatic carbocycles. The van der Waals surface area contributed by atoms with Gasteiger partial charge in [-0.25, -0.2) is 0 Å². The Balaban J connectivity index is 3.78. The molecule has 0 aliphatic rings. The van der Waals surface area contributed by atoms with Gasteiger partial charge in [0.05, 0.1) is 6.42 Å². The highest BCUT2D eigenvalue weighted by atomic mass is 16.6. The minimum atomic E-state index is -0.362. The van der Waals surface area contributed by atoms with Gasteiger partial charge in [0.25, 0.3) is 0 Å². The lowest BCUT2D eigenvalue weighted by Gasteiger charge is -2.22. The summed E-state index contributed by atoms with van der Waals surface area (Å²) in [5, 5.41) is 0.